The van der Waals surface area contributed by atoms with Crippen LogP contribution < -0.4 is 4.74 Å². The quantitative estimate of drug-likeness (QED) is 0.361. The first kappa shape index (κ1) is 19.2. The lowest BCUT2D eigenvalue weighted by Crippen LogP contribution is -2.30. The Hall–Kier alpha value is -3.14. The number of hydrogen-bond donors (Lipinski definition) is 0. The number of fused-ring (bicyclic) bond motifs is 2. The summed E-state index contributed by atoms with van der Waals surface area (Å²) >= 11 is 0. The molecule has 4 nitrogen and oxygen atoms in total. The van der Waals surface area contributed by atoms with Crippen LogP contribution in [0.25, 0.3) is 10.8 Å². The first-order chi connectivity index (χ1) is 14.3. The third kappa shape index (κ3) is 4.16. The Kier molecular flexibility index (Phi) is 5.89. The molecule has 1 heterocycles. The van der Waals surface area contributed by atoms with E-state index in [1.165, 1.54) is 10.3 Å². The molecule has 0 unspecified atom stereocenters. The van der Waals surface area contributed by atoms with Crippen LogP contribution in [0.15, 0.2) is 66.7 Å². The van der Waals surface area contributed by atoms with Crippen molar-refractivity contribution in [3.63, 3.8) is 0 Å². The number of nitrogens with zero attached hydrogens (tertiary/aromatic N) is 1. The molecule has 1 aliphatic rings. The zero-order valence-corrected chi connectivity index (χ0v) is 16.5. The number of rotatable bonds is 9. The highest BCUT2D eigenvalue weighted by molar-refractivity contribution is 6.21. The lowest BCUT2D eigenvalue weighted by Gasteiger charge is -2.13. The van der Waals surface area contributed by atoms with Gasteiger partial charge in [0.2, 0.25) is 0 Å². The van der Waals surface area contributed by atoms with Crippen LogP contribution in [0.1, 0.15) is 52.8 Å². The minimum absolute atomic E-state index is 0.158. The molecule has 0 fully saturated rings. The van der Waals surface area contributed by atoms with Gasteiger partial charge in [-0.2, -0.15) is 0 Å². The molecule has 4 rings (SSSR count). The Morgan fingerprint density at radius 2 is 1.28 bits per heavy atom. The molecule has 0 saturated carbocycles. The Labute approximate surface area is 171 Å². The molecule has 0 aliphatic carbocycles. The average Bonchev–Trinajstić information content (AvgIpc) is 3.00. The van der Waals surface area contributed by atoms with Gasteiger partial charge in [0.1, 0.15) is 5.75 Å². The van der Waals surface area contributed by atoms with Crippen molar-refractivity contribution in [1.29, 1.82) is 0 Å². The van der Waals surface area contributed by atoms with Crippen LogP contribution in [0.4, 0.5) is 0 Å². The number of imide groups is 1. The van der Waals surface area contributed by atoms with Crippen LogP contribution >= 0.6 is 0 Å². The van der Waals surface area contributed by atoms with Crippen molar-refractivity contribution < 1.29 is 14.3 Å². The zero-order valence-electron chi connectivity index (χ0n) is 16.5. The highest BCUT2D eigenvalue weighted by Crippen LogP contribution is 2.25. The summed E-state index contributed by atoms with van der Waals surface area (Å²) in [5.74, 6) is 0.622. The number of carbonyl (C=O) groups excluding carboxylic acids is 2. The van der Waals surface area contributed by atoms with E-state index < -0.39 is 0 Å². The van der Waals surface area contributed by atoms with Gasteiger partial charge in [-0.1, -0.05) is 67.8 Å². The number of unbranched alkanes of at least 4 members (excludes halogenated alkanes) is 4. The molecule has 1 aliphatic heterocycles. The van der Waals surface area contributed by atoms with Gasteiger partial charge in [-0.3, -0.25) is 14.5 Å². The van der Waals surface area contributed by atoms with Gasteiger partial charge < -0.3 is 4.74 Å². The van der Waals surface area contributed by atoms with Gasteiger partial charge in [-0.25, -0.2) is 0 Å². The summed E-state index contributed by atoms with van der Waals surface area (Å²) in [6.45, 7) is 1.20. The van der Waals surface area contributed by atoms with Gasteiger partial charge in [0.25, 0.3) is 11.8 Å². The van der Waals surface area contributed by atoms with Gasteiger partial charge in [0.05, 0.1) is 17.7 Å². The topological polar surface area (TPSA) is 46.6 Å². The number of hydrogen-bond acceptors (Lipinski definition) is 3. The van der Waals surface area contributed by atoms with Crippen molar-refractivity contribution in [3.05, 3.63) is 77.9 Å². The number of amides is 2. The van der Waals surface area contributed by atoms with E-state index in [2.05, 4.69) is 18.2 Å². The smallest absolute Gasteiger partial charge is 0.261 e. The molecular formula is C25H25NO3. The molecular weight excluding hydrogens is 362 g/mol. The predicted octanol–water partition coefficient (Wildman–Crippen LogP) is 5.47. The third-order valence-corrected chi connectivity index (χ3v) is 5.41. The molecule has 3 aromatic carbocycles. The van der Waals surface area contributed by atoms with Crippen LogP contribution in [0.3, 0.4) is 0 Å². The summed E-state index contributed by atoms with van der Waals surface area (Å²) in [6, 6.07) is 21.4. The molecule has 0 spiro atoms. The van der Waals surface area contributed by atoms with Crippen molar-refractivity contribution in [2.45, 2.75) is 32.1 Å². The van der Waals surface area contributed by atoms with E-state index in [0.29, 0.717) is 24.3 Å². The normalized spacial score (nSPS) is 13.2. The number of carbonyl (C=O) groups is 2. The number of ether oxygens (including phenoxy) is 1. The van der Waals surface area contributed by atoms with Gasteiger partial charge in [-0.05, 0) is 36.4 Å². The molecule has 0 saturated heterocycles. The lowest BCUT2D eigenvalue weighted by molar-refractivity contribution is 0.0651. The Morgan fingerprint density at radius 1 is 0.655 bits per heavy atom. The van der Waals surface area contributed by atoms with E-state index >= 15 is 0 Å². The van der Waals surface area contributed by atoms with Crippen LogP contribution in [0.2, 0.25) is 0 Å². The van der Waals surface area contributed by atoms with Crippen LogP contribution in [0.5, 0.6) is 5.75 Å². The largest absolute Gasteiger partial charge is 0.493 e. The number of benzene rings is 3. The predicted molar refractivity (Wildman–Crippen MR) is 114 cm³/mol. The SMILES string of the molecule is O=C1c2ccccc2C(=O)N1CCCCCCCOc1cccc2ccccc12. The highest BCUT2D eigenvalue weighted by atomic mass is 16.5. The second kappa shape index (κ2) is 8.91. The fourth-order valence-corrected chi connectivity index (χ4v) is 3.85. The average molecular weight is 387 g/mol. The highest BCUT2D eigenvalue weighted by Gasteiger charge is 2.34. The minimum atomic E-state index is -0.158. The van der Waals surface area contributed by atoms with Crippen molar-refractivity contribution >= 4 is 22.6 Å². The van der Waals surface area contributed by atoms with Crippen LogP contribution in [-0.4, -0.2) is 29.9 Å². The molecule has 29 heavy (non-hydrogen) atoms. The van der Waals surface area contributed by atoms with E-state index in [4.69, 9.17) is 4.74 Å². The molecule has 3 aromatic rings. The summed E-state index contributed by atoms with van der Waals surface area (Å²) in [5.41, 5.74) is 1.06. The van der Waals surface area contributed by atoms with E-state index in [0.717, 1.165) is 43.2 Å². The zero-order chi connectivity index (χ0) is 20.1. The molecule has 0 N–H and O–H groups in total. The molecule has 4 heteroatoms. The van der Waals surface area contributed by atoms with E-state index in [1.807, 2.05) is 24.3 Å². The molecule has 0 radical (unpaired) electrons. The monoisotopic (exact) mass is 387 g/mol. The molecule has 0 atom stereocenters. The maximum atomic E-state index is 12.3. The van der Waals surface area contributed by atoms with Crippen molar-refractivity contribution in [2.24, 2.45) is 0 Å². The van der Waals surface area contributed by atoms with Crippen molar-refractivity contribution in [2.75, 3.05) is 13.2 Å². The fourth-order valence-electron chi connectivity index (χ4n) is 3.85. The van der Waals surface area contributed by atoms with E-state index in [1.54, 1.807) is 24.3 Å². The van der Waals surface area contributed by atoms with E-state index in [-0.39, 0.29) is 11.8 Å². The fraction of sp³-hybridized carbons (Fsp3) is 0.280. The third-order valence-electron chi connectivity index (χ3n) is 5.41. The molecule has 2 amide bonds. The van der Waals surface area contributed by atoms with Gasteiger partial charge in [0, 0.05) is 11.9 Å². The molecule has 148 valence electrons. The van der Waals surface area contributed by atoms with E-state index in [9.17, 15) is 9.59 Å². The second-order valence-corrected chi connectivity index (χ2v) is 7.40. The first-order valence-electron chi connectivity index (χ1n) is 10.3. The summed E-state index contributed by atoms with van der Waals surface area (Å²) in [6.07, 6.45) is 4.99. The maximum absolute atomic E-state index is 12.3. The first-order valence-corrected chi connectivity index (χ1v) is 10.3. The van der Waals surface area contributed by atoms with Crippen LogP contribution in [-0.2, 0) is 0 Å². The summed E-state index contributed by atoms with van der Waals surface area (Å²) in [5, 5.41) is 2.34. The van der Waals surface area contributed by atoms with Gasteiger partial charge in [0.15, 0.2) is 0 Å². The molecule has 0 bridgehead atoms. The molecule has 0 aromatic heterocycles. The minimum Gasteiger partial charge on any atom is -0.493 e. The lowest BCUT2D eigenvalue weighted by atomic mass is 10.1. The maximum Gasteiger partial charge on any atom is 0.261 e. The Bertz CT molecular complexity index is 987. The Morgan fingerprint density at radius 3 is 2.07 bits per heavy atom. The van der Waals surface area contributed by atoms with Crippen molar-refractivity contribution in [3.8, 4) is 5.75 Å². The summed E-state index contributed by atoms with van der Waals surface area (Å²) < 4.78 is 5.97. The Balaban J connectivity index is 1.14. The summed E-state index contributed by atoms with van der Waals surface area (Å²) in [4.78, 5) is 26.0. The van der Waals surface area contributed by atoms with Crippen molar-refractivity contribution in [1.82, 2.24) is 4.90 Å². The second-order valence-electron chi connectivity index (χ2n) is 7.40. The summed E-state index contributed by atoms with van der Waals surface area (Å²) in [7, 11) is 0. The van der Waals surface area contributed by atoms with Gasteiger partial charge >= 0.3 is 0 Å². The standard InChI is InChI=1S/C25H25NO3/c27-24-21-14-6-7-15-22(21)25(28)26(24)17-8-2-1-3-9-18-29-23-16-10-12-19-11-4-5-13-20(19)23/h4-7,10-16H,1-3,8-9,17-18H2. The van der Waals surface area contributed by atoms with Gasteiger partial charge in [-0.15, -0.1) is 0 Å². The van der Waals surface area contributed by atoms with Crippen LogP contribution in [0, 0.1) is 0 Å².